The average molecular weight is 282 g/mol. The molecule has 1 atom stereocenters. The quantitative estimate of drug-likeness (QED) is 0.859. The monoisotopic (exact) mass is 282 g/mol. The van der Waals surface area contributed by atoms with Crippen molar-refractivity contribution in [2.24, 2.45) is 0 Å². The first-order valence-electron chi connectivity index (χ1n) is 5.96. The lowest BCUT2D eigenvalue weighted by atomic mass is 10.1. The van der Waals surface area contributed by atoms with Gasteiger partial charge in [0.2, 0.25) is 10.0 Å². The van der Waals surface area contributed by atoms with E-state index < -0.39 is 10.0 Å². The summed E-state index contributed by atoms with van der Waals surface area (Å²) >= 11 is 0. The van der Waals surface area contributed by atoms with Gasteiger partial charge in [-0.15, -0.1) is 0 Å². The average Bonchev–Trinajstić information content (AvgIpc) is 2.37. The second-order valence-corrected chi connectivity index (χ2v) is 5.98. The van der Waals surface area contributed by atoms with E-state index in [1.54, 1.807) is 6.92 Å². The lowest BCUT2D eigenvalue weighted by Gasteiger charge is -2.16. The first-order valence-corrected chi connectivity index (χ1v) is 7.45. The second kappa shape index (κ2) is 6.66. The number of nitrogens with one attached hydrogen (secondary N) is 1. The Hall–Kier alpha value is -1.42. The number of hydrogen-bond acceptors (Lipinski definition) is 4. The summed E-state index contributed by atoms with van der Waals surface area (Å²) in [6.45, 7) is 3.92. The van der Waals surface area contributed by atoms with Gasteiger partial charge >= 0.3 is 0 Å². The number of sulfonamides is 1. The topological polar surface area (TPSA) is 79.2 Å². The van der Waals surface area contributed by atoms with Gasteiger partial charge in [0, 0.05) is 13.2 Å². The Morgan fingerprint density at radius 2 is 2.16 bits per heavy atom. The number of nitriles is 1. The minimum atomic E-state index is -3.58. The van der Waals surface area contributed by atoms with Crippen LogP contribution in [0.25, 0.3) is 0 Å². The van der Waals surface area contributed by atoms with Crippen LogP contribution >= 0.6 is 0 Å². The number of methoxy groups -OCH3 is 1. The molecule has 5 nitrogen and oxygen atoms in total. The Balaban J connectivity index is 3.01. The van der Waals surface area contributed by atoms with Crippen LogP contribution < -0.4 is 4.72 Å². The largest absolute Gasteiger partial charge is 0.383 e. The summed E-state index contributed by atoms with van der Waals surface area (Å²) in [5, 5.41) is 8.83. The first-order chi connectivity index (χ1) is 8.94. The van der Waals surface area contributed by atoms with Crippen LogP contribution in [0.5, 0.6) is 0 Å². The summed E-state index contributed by atoms with van der Waals surface area (Å²) in [5.41, 5.74) is 1.12. The molecule has 0 aromatic heterocycles. The Labute approximate surface area is 114 Å². The van der Waals surface area contributed by atoms with E-state index in [1.165, 1.54) is 25.3 Å². The van der Waals surface area contributed by atoms with Gasteiger partial charge in [-0.05, 0) is 37.1 Å². The number of ether oxygens (including phenoxy) is 1. The van der Waals surface area contributed by atoms with Gasteiger partial charge in [0.25, 0.3) is 0 Å². The molecule has 0 aliphatic carbocycles. The molecule has 0 fully saturated rings. The molecule has 0 saturated carbocycles. The number of nitrogens with zero attached hydrogens (tertiary/aromatic N) is 1. The van der Waals surface area contributed by atoms with Crippen LogP contribution in [0.3, 0.4) is 0 Å². The van der Waals surface area contributed by atoms with Crippen molar-refractivity contribution < 1.29 is 13.2 Å². The Morgan fingerprint density at radius 1 is 1.47 bits per heavy atom. The minimum Gasteiger partial charge on any atom is -0.383 e. The van der Waals surface area contributed by atoms with Crippen molar-refractivity contribution in [2.75, 3.05) is 13.7 Å². The standard InChI is InChI=1S/C13H18N2O3S/c1-4-12(9-18-3)15-19(16,17)13-6-5-11(8-14)10(2)7-13/h5-7,12,15H,4,9H2,1-3H3. The van der Waals surface area contributed by atoms with E-state index >= 15 is 0 Å². The van der Waals surface area contributed by atoms with Crippen molar-refractivity contribution in [2.45, 2.75) is 31.2 Å². The molecule has 0 amide bonds. The molecular weight excluding hydrogens is 264 g/mol. The van der Waals surface area contributed by atoms with Gasteiger partial charge in [-0.3, -0.25) is 0 Å². The molecular formula is C13H18N2O3S. The smallest absolute Gasteiger partial charge is 0.240 e. The molecule has 1 unspecified atom stereocenters. The van der Waals surface area contributed by atoms with Gasteiger partial charge in [0.15, 0.2) is 0 Å². The summed E-state index contributed by atoms with van der Waals surface area (Å²) in [6.07, 6.45) is 0.641. The van der Waals surface area contributed by atoms with Crippen LogP contribution in [0.2, 0.25) is 0 Å². The zero-order valence-corrected chi connectivity index (χ0v) is 12.1. The van der Waals surface area contributed by atoms with Crippen molar-refractivity contribution in [1.82, 2.24) is 4.72 Å². The van der Waals surface area contributed by atoms with Crippen LogP contribution in [-0.2, 0) is 14.8 Å². The molecule has 1 rings (SSSR count). The lowest BCUT2D eigenvalue weighted by Crippen LogP contribution is -2.37. The normalized spacial score (nSPS) is 12.9. The number of rotatable bonds is 6. The predicted octanol–water partition coefficient (Wildman–Crippen LogP) is 1.57. The lowest BCUT2D eigenvalue weighted by molar-refractivity contribution is 0.173. The van der Waals surface area contributed by atoms with Crippen molar-refractivity contribution in [3.05, 3.63) is 29.3 Å². The summed E-state index contributed by atoms with van der Waals surface area (Å²) in [5.74, 6) is 0. The molecule has 0 aliphatic heterocycles. The van der Waals surface area contributed by atoms with Crippen LogP contribution in [0.1, 0.15) is 24.5 Å². The van der Waals surface area contributed by atoms with Crippen LogP contribution in [0, 0.1) is 18.3 Å². The molecule has 1 N–H and O–H groups in total. The van der Waals surface area contributed by atoms with Crippen LogP contribution in [0.15, 0.2) is 23.1 Å². The molecule has 0 saturated heterocycles. The molecule has 0 heterocycles. The molecule has 0 radical (unpaired) electrons. The summed E-state index contributed by atoms with van der Waals surface area (Å²) < 4.78 is 31.9. The van der Waals surface area contributed by atoms with E-state index in [9.17, 15) is 8.42 Å². The predicted molar refractivity (Wildman–Crippen MR) is 72.2 cm³/mol. The molecule has 104 valence electrons. The van der Waals surface area contributed by atoms with Gasteiger partial charge < -0.3 is 4.74 Å². The fourth-order valence-corrected chi connectivity index (χ4v) is 3.04. The summed E-state index contributed by atoms with van der Waals surface area (Å²) in [4.78, 5) is 0.165. The SMILES string of the molecule is CCC(COC)NS(=O)(=O)c1ccc(C#N)c(C)c1. The highest BCUT2D eigenvalue weighted by atomic mass is 32.2. The molecule has 1 aromatic carbocycles. The minimum absolute atomic E-state index is 0.165. The van der Waals surface area contributed by atoms with Crippen LogP contribution in [0.4, 0.5) is 0 Å². The second-order valence-electron chi connectivity index (χ2n) is 4.27. The van der Waals surface area contributed by atoms with E-state index in [4.69, 9.17) is 10.00 Å². The maximum Gasteiger partial charge on any atom is 0.240 e. The maximum absolute atomic E-state index is 12.2. The van der Waals surface area contributed by atoms with E-state index in [0.717, 1.165) is 0 Å². The van der Waals surface area contributed by atoms with E-state index in [1.807, 2.05) is 13.0 Å². The number of hydrogen-bond donors (Lipinski definition) is 1. The summed E-state index contributed by atoms with van der Waals surface area (Å²) in [7, 11) is -2.05. The third-order valence-electron chi connectivity index (χ3n) is 2.81. The third-order valence-corrected chi connectivity index (χ3v) is 4.33. The zero-order chi connectivity index (χ0) is 14.5. The first kappa shape index (κ1) is 15.6. The van der Waals surface area contributed by atoms with E-state index in [0.29, 0.717) is 24.2 Å². The van der Waals surface area contributed by atoms with Gasteiger partial charge in [-0.1, -0.05) is 6.92 Å². The van der Waals surface area contributed by atoms with Crippen molar-refractivity contribution in [3.63, 3.8) is 0 Å². The fraction of sp³-hybridized carbons (Fsp3) is 0.462. The highest BCUT2D eigenvalue weighted by Crippen LogP contribution is 2.15. The van der Waals surface area contributed by atoms with Gasteiger partial charge in [-0.25, -0.2) is 13.1 Å². The highest BCUT2D eigenvalue weighted by Gasteiger charge is 2.19. The number of aryl methyl sites for hydroxylation is 1. The van der Waals surface area contributed by atoms with Crippen molar-refractivity contribution in [3.8, 4) is 6.07 Å². The molecule has 0 bridgehead atoms. The third kappa shape index (κ3) is 4.03. The summed E-state index contributed by atoms with van der Waals surface area (Å²) in [6, 6.07) is 6.21. The van der Waals surface area contributed by atoms with Crippen LogP contribution in [-0.4, -0.2) is 28.2 Å². The Morgan fingerprint density at radius 3 is 2.63 bits per heavy atom. The molecule has 19 heavy (non-hydrogen) atoms. The van der Waals surface area contributed by atoms with E-state index in [-0.39, 0.29) is 10.9 Å². The molecule has 0 spiro atoms. The number of benzene rings is 1. The Bertz CT molecular complexity index is 576. The van der Waals surface area contributed by atoms with Crippen molar-refractivity contribution in [1.29, 1.82) is 5.26 Å². The van der Waals surface area contributed by atoms with Gasteiger partial charge in [0.1, 0.15) is 0 Å². The fourth-order valence-electron chi connectivity index (χ4n) is 1.65. The van der Waals surface area contributed by atoms with E-state index in [2.05, 4.69) is 4.72 Å². The Kier molecular flexibility index (Phi) is 5.48. The zero-order valence-electron chi connectivity index (χ0n) is 11.3. The molecule has 0 aliphatic rings. The maximum atomic E-state index is 12.2. The van der Waals surface area contributed by atoms with Crippen molar-refractivity contribution >= 4 is 10.0 Å². The molecule has 1 aromatic rings. The molecule has 6 heteroatoms. The van der Waals surface area contributed by atoms with Gasteiger partial charge in [0.05, 0.1) is 23.1 Å². The highest BCUT2D eigenvalue weighted by molar-refractivity contribution is 7.89. The van der Waals surface area contributed by atoms with Gasteiger partial charge in [-0.2, -0.15) is 5.26 Å².